The van der Waals surface area contributed by atoms with E-state index in [9.17, 15) is 0 Å². The molecule has 7 heteroatoms. The molecular weight excluding hydrogens is 627 g/mol. The van der Waals surface area contributed by atoms with Crippen molar-refractivity contribution >= 4 is 40.2 Å². The number of aryl methyl sites for hydroxylation is 1. The quantitative estimate of drug-likeness (QED) is 0.161. The van der Waals surface area contributed by atoms with Gasteiger partial charge in [0.25, 0.3) is 0 Å². The second-order valence-corrected chi connectivity index (χ2v) is 13.7. The monoisotopic (exact) mass is 667 g/mol. The van der Waals surface area contributed by atoms with E-state index in [2.05, 4.69) is 180 Å². The Kier molecular flexibility index (Phi) is 7.57. The van der Waals surface area contributed by atoms with Crippen LogP contribution in [0.5, 0.6) is 0 Å². The van der Waals surface area contributed by atoms with Crippen molar-refractivity contribution in [1.82, 2.24) is 9.97 Å². The molecule has 0 aliphatic carbocycles. The van der Waals surface area contributed by atoms with Crippen LogP contribution in [0.1, 0.15) is 49.3 Å². The summed E-state index contributed by atoms with van der Waals surface area (Å²) in [5.41, 5.74) is 7.80. The van der Waals surface area contributed by atoms with Gasteiger partial charge in [-0.3, -0.25) is 0 Å². The summed E-state index contributed by atoms with van der Waals surface area (Å²) in [6, 6.07) is 49.8. The van der Waals surface area contributed by atoms with E-state index in [-0.39, 0.29) is 23.7 Å². The summed E-state index contributed by atoms with van der Waals surface area (Å²) in [5, 5.41) is 7.81. The van der Waals surface area contributed by atoms with Crippen LogP contribution in [0.15, 0.2) is 157 Å². The first kappa shape index (κ1) is 31.1. The van der Waals surface area contributed by atoms with Gasteiger partial charge >= 0.3 is 0 Å². The van der Waals surface area contributed by atoms with E-state index >= 15 is 0 Å². The number of hydrogen-bond donors (Lipinski definition) is 0. The molecule has 0 bridgehead atoms. The molecule has 7 nitrogen and oxygen atoms in total. The Balaban J connectivity index is 1.32. The Bertz CT molecular complexity index is 2200. The third-order valence-corrected chi connectivity index (χ3v) is 11.3. The zero-order valence-corrected chi connectivity index (χ0v) is 29.2. The SMILES string of the molecule is CCC(CC)(C1c2ccccc2N2N=C(c3ccccc3)N(c3ccccc3)C12)C1N(c2ccccc2)c2nccnc2N1c1ccccc1C. The van der Waals surface area contributed by atoms with Crippen LogP contribution in [0.2, 0.25) is 0 Å². The zero-order valence-electron chi connectivity index (χ0n) is 29.2. The van der Waals surface area contributed by atoms with Gasteiger partial charge < -0.3 is 14.7 Å². The molecule has 0 spiro atoms. The second-order valence-electron chi connectivity index (χ2n) is 13.7. The second kappa shape index (κ2) is 12.4. The van der Waals surface area contributed by atoms with Gasteiger partial charge in [0.1, 0.15) is 12.3 Å². The molecule has 3 aliphatic rings. The van der Waals surface area contributed by atoms with Crippen LogP contribution in [0.25, 0.3) is 0 Å². The number of fused-ring (bicyclic) bond motifs is 4. The summed E-state index contributed by atoms with van der Waals surface area (Å²) in [6.07, 6.45) is 5.19. The average Bonchev–Trinajstić information content (AvgIpc) is 3.85. The number of anilines is 6. The maximum Gasteiger partial charge on any atom is 0.178 e. The minimum atomic E-state index is -0.343. The highest BCUT2D eigenvalue weighted by molar-refractivity contribution is 6.13. The molecule has 0 amide bonds. The number of rotatable bonds is 8. The number of benzene rings is 5. The normalized spacial score (nSPS) is 19.2. The molecule has 252 valence electrons. The van der Waals surface area contributed by atoms with Gasteiger partial charge in [-0.2, -0.15) is 5.10 Å². The maximum absolute atomic E-state index is 5.51. The van der Waals surface area contributed by atoms with Gasteiger partial charge in [0, 0.05) is 46.4 Å². The largest absolute Gasteiger partial charge is 0.301 e. The van der Waals surface area contributed by atoms with Gasteiger partial charge in [0.15, 0.2) is 17.5 Å². The fraction of sp³-hybridized carbons (Fsp3) is 0.205. The van der Waals surface area contributed by atoms with Crippen LogP contribution in [0, 0.1) is 12.3 Å². The lowest BCUT2D eigenvalue weighted by atomic mass is 9.64. The predicted octanol–water partition coefficient (Wildman–Crippen LogP) is 10.0. The van der Waals surface area contributed by atoms with E-state index in [4.69, 9.17) is 15.1 Å². The summed E-state index contributed by atoms with van der Waals surface area (Å²) >= 11 is 0. The van der Waals surface area contributed by atoms with E-state index in [0.717, 1.165) is 58.6 Å². The van der Waals surface area contributed by atoms with Crippen molar-refractivity contribution in [1.29, 1.82) is 0 Å². The van der Waals surface area contributed by atoms with Gasteiger partial charge in [0.05, 0.1) is 5.69 Å². The summed E-state index contributed by atoms with van der Waals surface area (Å²) in [5.74, 6) is 2.74. The van der Waals surface area contributed by atoms with Crippen molar-refractivity contribution < 1.29 is 0 Å². The van der Waals surface area contributed by atoms with Crippen molar-refractivity contribution in [3.8, 4) is 0 Å². The number of hydrogen-bond acceptors (Lipinski definition) is 7. The van der Waals surface area contributed by atoms with E-state index in [1.54, 1.807) is 0 Å². The third-order valence-electron chi connectivity index (χ3n) is 11.3. The van der Waals surface area contributed by atoms with Gasteiger partial charge in [-0.1, -0.05) is 117 Å². The molecule has 0 N–H and O–H groups in total. The first-order valence-electron chi connectivity index (χ1n) is 18.0. The van der Waals surface area contributed by atoms with Gasteiger partial charge in [0.2, 0.25) is 0 Å². The molecule has 6 aromatic rings. The molecule has 4 heterocycles. The number of hydrazone groups is 1. The molecule has 3 unspecified atom stereocenters. The van der Waals surface area contributed by atoms with Crippen LogP contribution in [-0.2, 0) is 0 Å². The summed E-state index contributed by atoms with van der Waals surface area (Å²) in [7, 11) is 0. The topological polar surface area (TPSA) is 51.1 Å². The smallest absolute Gasteiger partial charge is 0.178 e. The number of para-hydroxylation sites is 4. The molecule has 3 atom stereocenters. The average molecular weight is 668 g/mol. The fourth-order valence-electron chi connectivity index (χ4n) is 8.98. The van der Waals surface area contributed by atoms with Crippen molar-refractivity contribution in [2.45, 2.75) is 51.9 Å². The van der Waals surface area contributed by atoms with Gasteiger partial charge in [-0.25, -0.2) is 15.0 Å². The minimum Gasteiger partial charge on any atom is -0.301 e. The standard InChI is InChI=1S/C44H41N7/c1-4-44(5-2,43-49(34-24-13-8-14-25-34)40-41(46-30-29-45-40)50(43)36-27-17-15-19-31(36)3)38-35-26-16-18-28-37(35)51-42(38)48(33-22-11-7-12-23-33)39(47-51)32-20-9-6-10-21-32/h6-30,38,42-43H,4-5H2,1-3H3. The van der Waals surface area contributed by atoms with E-state index in [1.165, 1.54) is 11.1 Å². The van der Waals surface area contributed by atoms with Crippen LogP contribution in [-0.4, -0.2) is 28.1 Å². The van der Waals surface area contributed by atoms with Crippen LogP contribution in [0.3, 0.4) is 0 Å². The maximum atomic E-state index is 5.51. The predicted molar refractivity (Wildman–Crippen MR) is 208 cm³/mol. The minimum absolute atomic E-state index is 0.0333. The Labute approximate surface area is 300 Å². The number of amidine groups is 1. The highest BCUT2D eigenvalue weighted by Crippen LogP contribution is 2.62. The summed E-state index contributed by atoms with van der Waals surface area (Å²) in [4.78, 5) is 17.6. The fourth-order valence-corrected chi connectivity index (χ4v) is 8.98. The van der Waals surface area contributed by atoms with Crippen LogP contribution < -0.4 is 19.7 Å². The highest BCUT2D eigenvalue weighted by atomic mass is 15.6. The lowest BCUT2D eigenvalue weighted by Crippen LogP contribution is -2.58. The molecule has 51 heavy (non-hydrogen) atoms. The van der Waals surface area contributed by atoms with Crippen LogP contribution >= 0.6 is 0 Å². The van der Waals surface area contributed by atoms with Gasteiger partial charge in [-0.15, -0.1) is 0 Å². The van der Waals surface area contributed by atoms with Crippen molar-refractivity contribution in [2.24, 2.45) is 10.5 Å². The van der Waals surface area contributed by atoms with Crippen LogP contribution in [0.4, 0.5) is 34.4 Å². The first-order chi connectivity index (χ1) is 25.2. The molecule has 0 fully saturated rings. The third kappa shape index (κ3) is 4.68. The zero-order chi connectivity index (χ0) is 34.5. The molecule has 0 saturated heterocycles. The molecule has 5 aromatic carbocycles. The van der Waals surface area contributed by atoms with E-state index in [1.807, 2.05) is 12.4 Å². The number of aromatic nitrogens is 2. The Morgan fingerprint density at radius 1 is 0.569 bits per heavy atom. The molecule has 1 aromatic heterocycles. The lowest BCUT2D eigenvalue weighted by molar-refractivity contribution is 0.146. The molecule has 9 rings (SSSR count). The number of nitrogens with zero attached hydrogens (tertiary/aromatic N) is 7. The summed E-state index contributed by atoms with van der Waals surface area (Å²) in [6.45, 7) is 6.95. The molecular formula is C44H41N7. The Hall–Kier alpha value is -5.95. The first-order valence-corrected chi connectivity index (χ1v) is 18.0. The molecule has 0 saturated carbocycles. The Morgan fingerprint density at radius 3 is 1.73 bits per heavy atom. The summed E-state index contributed by atoms with van der Waals surface area (Å²) < 4.78 is 0. The lowest BCUT2D eigenvalue weighted by Gasteiger charge is -2.52. The van der Waals surface area contributed by atoms with Crippen molar-refractivity contribution in [2.75, 3.05) is 19.7 Å². The van der Waals surface area contributed by atoms with E-state index in [0.29, 0.717) is 0 Å². The highest BCUT2D eigenvalue weighted by Gasteiger charge is 2.62. The van der Waals surface area contributed by atoms with Gasteiger partial charge in [-0.05, 0) is 67.3 Å². The Morgan fingerprint density at radius 2 is 1.10 bits per heavy atom. The van der Waals surface area contributed by atoms with Crippen molar-refractivity contribution in [3.63, 3.8) is 0 Å². The molecule has 0 radical (unpaired) electrons. The van der Waals surface area contributed by atoms with Crippen molar-refractivity contribution in [3.05, 3.63) is 169 Å². The molecule has 3 aliphatic heterocycles. The van der Waals surface area contributed by atoms with E-state index < -0.39 is 0 Å².